The van der Waals surface area contributed by atoms with Crippen LogP contribution in [-0.4, -0.2) is 48.1 Å². The molecule has 0 radical (unpaired) electrons. The van der Waals surface area contributed by atoms with Crippen molar-refractivity contribution >= 4 is 17.3 Å². The van der Waals surface area contributed by atoms with Crippen molar-refractivity contribution in [2.45, 2.75) is 19.4 Å². The van der Waals surface area contributed by atoms with Crippen molar-refractivity contribution in [2.24, 2.45) is 0 Å². The molecule has 3 heterocycles. The Morgan fingerprint density at radius 2 is 2.00 bits per heavy atom. The minimum absolute atomic E-state index is 0.0350. The van der Waals surface area contributed by atoms with Crippen LogP contribution in [0, 0.1) is 0 Å². The summed E-state index contributed by atoms with van der Waals surface area (Å²) in [5, 5.41) is 0. The number of ether oxygens (including phenoxy) is 1. The summed E-state index contributed by atoms with van der Waals surface area (Å²) in [6.07, 6.45) is 4.51. The molecule has 1 unspecified atom stereocenters. The molecule has 0 spiro atoms. The standard InChI is InChI=1S/C19H21N3O2/c1-14-10-15-4-2-3-5-18(15)22(14)17-11-16(12-20-13-17)19(23)21-6-8-24-9-7-21/h2-5,11-14H,6-10H2,1H3. The number of anilines is 2. The van der Waals surface area contributed by atoms with Crippen molar-refractivity contribution in [1.29, 1.82) is 0 Å². The molecule has 0 bridgehead atoms. The molecule has 1 amide bonds. The first-order valence-electron chi connectivity index (χ1n) is 8.43. The van der Waals surface area contributed by atoms with E-state index in [4.69, 9.17) is 4.74 Å². The van der Waals surface area contributed by atoms with Gasteiger partial charge in [0.1, 0.15) is 0 Å². The number of carbonyl (C=O) groups excluding carboxylic acids is 1. The van der Waals surface area contributed by atoms with E-state index in [2.05, 4.69) is 41.1 Å². The van der Waals surface area contributed by atoms with Gasteiger partial charge in [0.2, 0.25) is 0 Å². The average molecular weight is 323 g/mol. The SMILES string of the molecule is CC1Cc2ccccc2N1c1cncc(C(=O)N2CCOCC2)c1. The van der Waals surface area contributed by atoms with Gasteiger partial charge in [-0.2, -0.15) is 0 Å². The predicted molar refractivity (Wildman–Crippen MR) is 92.7 cm³/mol. The summed E-state index contributed by atoms with van der Waals surface area (Å²) in [5.41, 5.74) is 4.18. The Labute approximate surface area is 141 Å². The van der Waals surface area contributed by atoms with E-state index in [0.717, 1.165) is 12.1 Å². The number of carbonyl (C=O) groups is 1. The average Bonchev–Trinajstić information content (AvgIpc) is 2.97. The minimum Gasteiger partial charge on any atom is -0.378 e. The monoisotopic (exact) mass is 323 g/mol. The third-order valence-electron chi connectivity index (χ3n) is 4.75. The summed E-state index contributed by atoms with van der Waals surface area (Å²) in [5.74, 6) is 0.0350. The van der Waals surface area contributed by atoms with Crippen molar-refractivity contribution in [3.8, 4) is 0 Å². The van der Waals surface area contributed by atoms with Crippen molar-refractivity contribution in [3.05, 3.63) is 53.9 Å². The Morgan fingerprint density at radius 1 is 1.21 bits per heavy atom. The highest BCUT2D eigenvalue weighted by Gasteiger charge is 2.28. The molecule has 24 heavy (non-hydrogen) atoms. The van der Waals surface area contributed by atoms with Crippen LogP contribution < -0.4 is 4.90 Å². The first kappa shape index (κ1) is 15.1. The number of hydrogen-bond acceptors (Lipinski definition) is 4. The van der Waals surface area contributed by atoms with E-state index >= 15 is 0 Å². The Kier molecular flexibility index (Phi) is 3.94. The van der Waals surface area contributed by atoms with Crippen LogP contribution in [0.25, 0.3) is 0 Å². The molecule has 5 heteroatoms. The first-order chi connectivity index (χ1) is 11.7. The molecule has 1 fully saturated rings. The molecule has 0 aliphatic carbocycles. The summed E-state index contributed by atoms with van der Waals surface area (Å²) in [4.78, 5) is 21.2. The topological polar surface area (TPSA) is 45.7 Å². The van der Waals surface area contributed by atoms with Gasteiger partial charge in [0.25, 0.3) is 5.91 Å². The number of fused-ring (bicyclic) bond motifs is 1. The first-order valence-corrected chi connectivity index (χ1v) is 8.43. The third-order valence-corrected chi connectivity index (χ3v) is 4.75. The van der Waals surface area contributed by atoms with E-state index < -0.39 is 0 Å². The molecule has 0 saturated carbocycles. The molecule has 1 atom stereocenters. The fourth-order valence-corrected chi connectivity index (χ4v) is 3.58. The number of aromatic nitrogens is 1. The maximum atomic E-state index is 12.7. The van der Waals surface area contributed by atoms with Crippen LogP contribution in [0.5, 0.6) is 0 Å². The van der Waals surface area contributed by atoms with Gasteiger partial charge in [-0.1, -0.05) is 18.2 Å². The summed E-state index contributed by atoms with van der Waals surface area (Å²) in [6.45, 7) is 4.71. The Bertz CT molecular complexity index is 756. The molecule has 1 saturated heterocycles. The highest BCUT2D eigenvalue weighted by atomic mass is 16.5. The van der Waals surface area contributed by atoms with Gasteiger partial charge in [-0.3, -0.25) is 9.78 Å². The van der Waals surface area contributed by atoms with Crippen LogP contribution in [0.3, 0.4) is 0 Å². The summed E-state index contributed by atoms with van der Waals surface area (Å²) in [7, 11) is 0. The Hall–Kier alpha value is -2.40. The number of benzene rings is 1. The van der Waals surface area contributed by atoms with Crippen LogP contribution in [0.1, 0.15) is 22.8 Å². The summed E-state index contributed by atoms with van der Waals surface area (Å²) in [6, 6.07) is 10.8. The lowest BCUT2D eigenvalue weighted by Gasteiger charge is -2.28. The van der Waals surface area contributed by atoms with Gasteiger partial charge in [-0.05, 0) is 31.0 Å². The molecule has 124 valence electrons. The van der Waals surface area contributed by atoms with E-state index in [1.165, 1.54) is 11.3 Å². The fourth-order valence-electron chi connectivity index (χ4n) is 3.58. The van der Waals surface area contributed by atoms with E-state index in [9.17, 15) is 4.79 Å². The second-order valence-electron chi connectivity index (χ2n) is 6.39. The van der Waals surface area contributed by atoms with E-state index in [1.54, 1.807) is 6.20 Å². The zero-order valence-electron chi connectivity index (χ0n) is 13.8. The van der Waals surface area contributed by atoms with E-state index in [0.29, 0.717) is 37.9 Å². The van der Waals surface area contributed by atoms with E-state index in [-0.39, 0.29) is 5.91 Å². The van der Waals surface area contributed by atoms with Crippen LogP contribution >= 0.6 is 0 Å². The number of rotatable bonds is 2. The molecule has 2 aliphatic heterocycles. The quantitative estimate of drug-likeness (QED) is 0.852. The highest BCUT2D eigenvalue weighted by molar-refractivity contribution is 5.95. The van der Waals surface area contributed by atoms with Crippen LogP contribution in [-0.2, 0) is 11.2 Å². The summed E-state index contributed by atoms with van der Waals surface area (Å²) >= 11 is 0. The van der Waals surface area contributed by atoms with Crippen LogP contribution in [0.15, 0.2) is 42.7 Å². The van der Waals surface area contributed by atoms with E-state index in [1.807, 2.05) is 17.2 Å². The lowest BCUT2D eigenvalue weighted by atomic mass is 10.1. The van der Waals surface area contributed by atoms with Gasteiger partial charge in [-0.25, -0.2) is 0 Å². The molecule has 0 N–H and O–H groups in total. The zero-order chi connectivity index (χ0) is 16.5. The van der Waals surface area contributed by atoms with Gasteiger partial charge >= 0.3 is 0 Å². The fraction of sp³-hybridized carbons (Fsp3) is 0.368. The maximum absolute atomic E-state index is 12.7. The molecule has 2 aromatic rings. The number of pyridine rings is 1. The third kappa shape index (κ3) is 2.65. The smallest absolute Gasteiger partial charge is 0.255 e. The number of nitrogens with zero attached hydrogens (tertiary/aromatic N) is 3. The van der Waals surface area contributed by atoms with Gasteiger partial charge in [0.15, 0.2) is 0 Å². The second kappa shape index (κ2) is 6.24. The Morgan fingerprint density at radius 3 is 2.83 bits per heavy atom. The van der Waals surface area contributed by atoms with Gasteiger partial charge < -0.3 is 14.5 Å². The molecular weight excluding hydrogens is 302 g/mol. The molecule has 1 aromatic carbocycles. The number of para-hydroxylation sites is 1. The number of morpholine rings is 1. The largest absolute Gasteiger partial charge is 0.378 e. The van der Waals surface area contributed by atoms with Gasteiger partial charge in [0, 0.05) is 31.0 Å². The zero-order valence-corrected chi connectivity index (χ0v) is 13.8. The van der Waals surface area contributed by atoms with Crippen LogP contribution in [0.2, 0.25) is 0 Å². The number of hydrogen-bond donors (Lipinski definition) is 0. The summed E-state index contributed by atoms with van der Waals surface area (Å²) < 4.78 is 5.33. The van der Waals surface area contributed by atoms with Crippen molar-refractivity contribution in [1.82, 2.24) is 9.88 Å². The molecular formula is C19H21N3O2. The maximum Gasteiger partial charge on any atom is 0.255 e. The van der Waals surface area contributed by atoms with Crippen LogP contribution in [0.4, 0.5) is 11.4 Å². The van der Waals surface area contributed by atoms with Gasteiger partial charge in [0.05, 0.1) is 30.7 Å². The second-order valence-corrected chi connectivity index (χ2v) is 6.39. The highest BCUT2D eigenvalue weighted by Crippen LogP contribution is 2.37. The minimum atomic E-state index is 0.0350. The van der Waals surface area contributed by atoms with Crippen molar-refractivity contribution < 1.29 is 9.53 Å². The van der Waals surface area contributed by atoms with Crippen molar-refractivity contribution in [3.63, 3.8) is 0 Å². The normalized spacial score (nSPS) is 20.1. The van der Waals surface area contributed by atoms with Crippen molar-refractivity contribution in [2.75, 3.05) is 31.2 Å². The molecule has 4 rings (SSSR count). The predicted octanol–water partition coefficient (Wildman–Crippen LogP) is 2.64. The molecule has 2 aliphatic rings. The van der Waals surface area contributed by atoms with Gasteiger partial charge in [-0.15, -0.1) is 0 Å². The Balaban J connectivity index is 1.64. The lowest BCUT2D eigenvalue weighted by molar-refractivity contribution is 0.0302. The lowest BCUT2D eigenvalue weighted by Crippen LogP contribution is -2.40. The number of amides is 1. The molecule has 5 nitrogen and oxygen atoms in total. The molecule has 1 aromatic heterocycles.